The second-order valence-electron chi connectivity index (χ2n) is 12.7. The van der Waals surface area contributed by atoms with Crippen molar-refractivity contribution in [1.82, 2.24) is 14.9 Å². The van der Waals surface area contributed by atoms with Gasteiger partial charge in [0.05, 0.1) is 23.6 Å². The number of nitriles is 1. The second-order valence-corrected chi connectivity index (χ2v) is 16.9. The number of piperazine rings is 1. The molecular formula is C29H45N5O5S2. The fraction of sp³-hybridized carbons (Fsp3) is 0.724. The Balaban J connectivity index is 1.48. The van der Waals surface area contributed by atoms with Crippen LogP contribution in [0.5, 0.6) is 0 Å². The number of carbonyl (C=O) groups excluding carboxylic acids is 1. The maximum Gasteiger partial charge on any atom is 0.237 e. The van der Waals surface area contributed by atoms with E-state index in [4.69, 9.17) is 5.26 Å². The van der Waals surface area contributed by atoms with E-state index in [1.165, 1.54) is 5.56 Å². The van der Waals surface area contributed by atoms with E-state index in [1.807, 2.05) is 18.2 Å². The number of aryl methyl sites for hydroxylation is 1. The first-order valence-corrected chi connectivity index (χ1v) is 18.2. The molecule has 1 aliphatic heterocycles. The average Bonchev–Trinajstić information content (AvgIpc) is 3.25. The first kappa shape index (κ1) is 31.7. The zero-order valence-electron chi connectivity index (χ0n) is 24.7. The Bertz CT molecular complexity index is 1370. The molecule has 2 saturated carbocycles. The highest BCUT2D eigenvalue weighted by molar-refractivity contribution is 7.90. The lowest BCUT2D eigenvalue weighted by Crippen LogP contribution is -2.58. The molecule has 1 amide bonds. The summed E-state index contributed by atoms with van der Waals surface area (Å²) in [4.78, 5) is 15.7. The molecule has 228 valence electrons. The lowest BCUT2D eigenvalue weighted by Gasteiger charge is -2.44. The number of amides is 1. The number of hydrogen-bond acceptors (Lipinski definition) is 8. The van der Waals surface area contributed by atoms with Gasteiger partial charge in [-0.1, -0.05) is 32.0 Å². The van der Waals surface area contributed by atoms with Crippen molar-refractivity contribution < 1.29 is 21.6 Å². The minimum absolute atomic E-state index is 0.0192. The van der Waals surface area contributed by atoms with E-state index in [0.717, 1.165) is 18.4 Å². The monoisotopic (exact) mass is 607 g/mol. The fourth-order valence-electron chi connectivity index (χ4n) is 7.40. The van der Waals surface area contributed by atoms with Crippen LogP contribution in [0.25, 0.3) is 0 Å². The summed E-state index contributed by atoms with van der Waals surface area (Å²) in [7, 11) is -6.89. The van der Waals surface area contributed by atoms with Crippen LogP contribution in [-0.4, -0.2) is 89.6 Å². The summed E-state index contributed by atoms with van der Waals surface area (Å²) in [6.45, 7) is 8.69. The zero-order valence-corrected chi connectivity index (χ0v) is 26.4. The number of anilines is 1. The van der Waals surface area contributed by atoms with Gasteiger partial charge in [0.15, 0.2) is 0 Å². The molecule has 2 N–H and O–H groups in total. The number of para-hydroxylation sites is 1. The van der Waals surface area contributed by atoms with Gasteiger partial charge in [-0.05, 0) is 55.6 Å². The number of carbonyl (C=O) groups is 1. The van der Waals surface area contributed by atoms with Gasteiger partial charge >= 0.3 is 0 Å². The summed E-state index contributed by atoms with van der Waals surface area (Å²) in [5, 5.41) is 15.1. The topological polar surface area (TPSA) is 140 Å². The van der Waals surface area contributed by atoms with Gasteiger partial charge in [-0.15, -0.1) is 0 Å². The van der Waals surface area contributed by atoms with Gasteiger partial charge in [-0.2, -0.15) is 9.57 Å². The van der Waals surface area contributed by atoms with E-state index in [-0.39, 0.29) is 48.3 Å². The molecule has 1 heterocycles. The van der Waals surface area contributed by atoms with Gasteiger partial charge in [-0.25, -0.2) is 16.8 Å². The zero-order chi connectivity index (χ0) is 30.1. The van der Waals surface area contributed by atoms with Gasteiger partial charge in [0.1, 0.15) is 9.84 Å². The van der Waals surface area contributed by atoms with Gasteiger partial charge in [0.2, 0.25) is 15.9 Å². The highest BCUT2D eigenvalue weighted by atomic mass is 32.2. The number of sulfone groups is 1. The van der Waals surface area contributed by atoms with E-state index in [2.05, 4.69) is 48.4 Å². The molecule has 4 atom stereocenters. The molecule has 10 nitrogen and oxygen atoms in total. The molecule has 3 unspecified atom stereocenters. The summed E-state index contributed by atoms with van der Waals surface area (Å²) >= 11 is 0. The number of nitrogens with one attached hydrogen (secondary N) is 2. The van der Waals surface area contributed by atoms with Gasteiger partial charge in [-0.3, -0.25) is 4.79 Å². The Morgan fingerprint density at radius 2 is 1.83 bits per heavy atom. The van der Waals surface area contributed by atoms with Crippen LogP contribution in [0.4, 0.5) is 5.69 Å². The second kappa shape index (κ2) is 12.2. The molecule has 2 aliphatic carbocycles. The maximum atomic E-state index is 14.0. The summed E-state index contributed by atoms with van der Waals surface area (Å²) < 4.78 is 53.2. The van der Waals surface area contributed by atoms with Crippen LogP contribution in [0.3, 0.4) is 0 Å². The lowest BCUT2D eigenvalue weighted by atomic mass is 9.69. The van der Waals surface area contributed by atoms with E-state index < -0.39 is 31.3 Å². The van der Waals surface area contributed by atoms with Crippen LogP contribution in [0.15, 0.2) is 24.3 Å². The van der Waals surface area contributed by atoms with Crippen LogP contribution in [-0.2, 0) is 24.7 Å². The molecule has 4 rings (SSSR count). The van der Waals surface area contributed by atoms with Crippen molar-refractivity contribution in [2.24, 2.45) is 16.7 Å². The number of rotatable bonds is 12. The molecule has 0 radical (unpaired) electrons. The van der Waals surface area contributed by atoms with Crippen molar-refractivity contribution in [2.75, 3.05) is 55.4 Å². The number of nitrogens with zero attached hydrogens (tertiary/aromatic N) is 3. The Morgan fingerprint density at radius 1 is 1.15 bits per heavy atom. The fourth-order valence-corrected chi connectivity index (χ4v) is 10.3. The first-order chi connectivity index (χ1) is 19.2. The highest BCUT2D eigenvalue weighted by Crippen LogP contribution is 2.66. The number of hydrogen-bond donors (Lipinski definition) is 2. The Morgan fingerprint density at radius 3 is 2.44 bits per heavy atom. The van der Waals surface area contributed by atoms with E-state index in [0.29, 0.717) is 44.9 Å². The molecule has 1 saturated heterocycles. The molecule has 12 heteroatoms. The van der Waals surface area contributed by atoms with Crippen molar-refractivity contribution in [3.05, 3.63) is 29.8 Å². The molecule has 41 heavy (non-hydrogen) atoms. The Labute approximate surface area is 245 Å². The normalized spacial score (nSPS) is 27.0. The third-order valence-electron chi connectivity index (χ3n) is 10.00. The highest BCUT2D eigenvalue weighted by Gasteiger charge is 2.66. The van der Waals surface area contributed by atoms with Crippen molar-refractivity contribution in [1.29, 1.82) is 5.26 Å². The van der Waals surface area contributed by atoms with Gasteiger partial charge < -0.3 is 15.5 Å². The predicted octanol–water partition coefficient (Wildman–Crippen LogP) is 2.06. The molecule has 3 aliphatic rings. The van der Waals surface area contributed by atoms with E-state index in [9.17, 15) is 21.6 Å². The standard InChI is InChI=1S/C29H45N5O5S2/c1-22-8-5-6-9-25(22)33-15-17-34(18-16-33)41(38,39)21-29-12-10-23(28(29,2)3)20-26(29)32-27(35)24(31-14-7-13-30)11-19-40(4,36)37/h5-6,8-9,23-24,26,31H,7,10-12,14-21H2,1-4H3,(H,32,35)/t23?,24-,26?,29?/m0/s1. The van der Waals surface area contributed by atoms with Crippen molar-refractivity contribution >= 4 is 31.5 Å². The van der Waals surface area contributed by atoms with Crippen molar-refractivity contribution in [3.63, 3.8) is 0 Å². The largest absolute Gasteiger partial charge is 0.369 e. The summed E-state index contributed by atoms with van der Waals surface area (Å²) in [6, 6.07) is 9.07. The summed E-state index contributed by atoms with van der Waals surface area (Å²) in [6.07, 6.45) is 3.76. The lowest BCUT2D eigenvalue weighted by molar-refractivity contribution is -0.125. The van der Waals surface area contributed by atoms with Crippen LogP contribution in [0, 0.1) is 35.0 Å². The number of fused-ring (bicyclic) bond motifs is 2. The summed E-state index contributed by atoms with van der Waals surface area (Å²) in [5.74, 6) is -0.211. The van der Waals surface area contributed by atoms with Crippen molar-refractivity contribution in [2.45, 2.75) is 65.0 Å². The van der Waals surface area contributed by atoms with Gasteiger partial charge in [0, 0.05) is 62.5 Å². The van der Waals surface area contributed by atoms with Crippen LogP contribution >= 0.6 is 0 Å². The molecule has 1 aromatic rings. The van der Waals surface area contributed by atoms with Crippen LogP contribution < -0.4 is 15.5 Å². The molecule has 2 bridgehead atoms. The maximum absolute atomic E-state index is 14.0. The SMILES string of the molecule is Cc1ccccc1N1CCN(S(=O)(=O)CC23CCC(CC2NC(=O)[C@H](CCS(C)(=O)=O)NCCC#N)C3(C)C)CC1. The quantitative estimate of drug-likeness (QED) is 0.344. The Kier molecular flexibility index (Phi) is 9.43. The molecule has 1 aromatic carbocycles. The third kappa shape index (κ3) is 6.74. The smallest absolute Gasteiger partial charge is 0.237 e. The average molecular weight is 608 g/mol. The number of sulfonamides is 1. The minimum atomic E-state index is -3.61. The summed E-state index contributed by atoms with van der Waals surface area (Å²) in [5.41, 5.74) is 1.41. The molecule has 0 aromatic heterocycles. The predicted molar refractivity (Wildman–Crippen MR) is 161 cm³/mol. The van der Waals surface area contributed by atoms with Crippen LogP contribution in [0.2, 0.25) is 0 Å². The molecule has 3 fully saturated rings. The first-order valence-electron chi connectivity index (χ1n) is 14.6. The third-order valence-corrected chi connectivity index (χ3v) is 13.0. The molecule has 0 spiro atoms. The van der Waals surface area contributed by atoms with E-state index in [1.54, 1.807) is 4.31 Å². The Hall–Kier alpha value is -2.20. The molecular weight excluding hydrogens is 562 g/mol. The van der Waals surface area contributed by atoms with Crippen LogP contribution in [0.1, 0.15) is 51.5 Å². The minimum Gasteiger partial charge on any atom is -0.369 e. The number of benzene rings is 1. The van der Waals surface area contributed by atoms with E-state index >= 15 is 0 Å². The van der Waals surface area contributed by atoms with Gasteiger partial charge in [0.25, 0.3) is 0 Å². The van der Waals surface area contributed by atoms with Crippen molar-refractivity contribution in [3.8, 4) is 6.07 Å².